The molecule has 4 heteroatoms. The summed E-state index contributed by atoms with van der Waals surface area (Å²) in [5.74, 6) is 0. The first-order valence-electron chi connectivity index (χ1n) is 23.1. The van der Waals surface area contributed by atoms with E-state index in [9.17, 15) is 0 Å². The summed E-state index contributed by atoms with van der Waals surface area (Å²) in [5.41, 5.74) is 24.0. The largest absolute Gasteiger partial charge is 0.311 e. The summed E-state index contributed by atoms with van der Waals surface area (Å²) in [6, 6.07) is 65.5. The minimum absolute atomic E-state index is 0.0459. The summed E-state index contributed by atoms with van der Waals surface area (Å²) < 4.78 is 0. The van der Waals surface area contributed by atoms with Crippen LogP contribution in [-0.2, 0) is 10.8 Å². The minimum atomic E-state index is -0.0459. The third-order valence-corrected chi connectivity index (χ3v) is 15.2. The smallest absolute Gasteiger partial charge is 0.248 e. The molecule has 0 N–H and O–H groups in total. The van der Waals surface area contributed by atoms with E-state index in [1.165, 1.54) is 133 Å². The van der Waals surface area contributed by atoms with Crippen molar-refractivity contribution >= 4 is 113 Å². The maximum atomic E-state index is 2.59. The van der Waals surface area contributed by atoms with Crippen LogP contribution in [0.1, 0.15) is 52.7 Å². The van der Waals surface area contributed by atoms with E-state index in [4.69, 9.17) is 0 Å². The number of fused-ring (bicyclic) bond motifs is 8. The van der Waals surface area contributed by atoms with Gasteiger partial charge in [-0.25, -0.2) is 0 Å². The molecule has 4 aliphatic heterocycles. The Bertz CT molecular complexity index is 3410. The average molecular weight is 817 g/mol. The molecule has 64 heavy (non-hydrogen) atoms. The molecule has 14 rings (SSSR count). The van der Waals surface area contributed by atoms with E-state index in [1.54, 1.807) is 0 Å². The molecule has 0 atom stereocenters. The molecular weight excluding hydrogens is 770 g/mol. The zero-order valence-electron chi connectivity index (χ0n) is 37.2. The topological polar surface area (TPSA) is 6.48 Å². The average Bonchev–Trinajstić information content (AvgIpc) is 3.30. The highest BCUT2D eigenvalue weighted by Crippen LogP contribution is 2.50. The van der Waals surface area contributed by atoms with Gasteiger partial charge in [-0.05, 0) is 147 Å². The summed E-state index contributed by atoms with van der Waals surface area (Å²) in [4.78, 5) is 5.06. The molecule has 2 nitrogen and oxygen atoms in total. The van der Waals surface area contributed by atoms with E-state index in [-0.39, 0.29) is 24.3 Å². The summed E-state index contributed by atoms with van der Waals surface area (Å²) in [6.45, 7) is 14.3. The molecule has 10 aromatic rings. The van der Waals surface area contributed by atoms with Crippen molar-refractivity contribution in [3.05, 3.63) is 181 Å². The predicted octanol–water partition coefficient (Wildman–Crippen LogP) is 11.7. The Morgan fingerprint density at radius 2 is 0.719 bits per heavy atom. The van der Waals surface area contributed by atoms with Crippen molar-refractivity contribution in [3.63, 3.8) is 0 Å². The van der Waals surface area contributed by atoms with E-state index in [2.05, 4.69) is 221 Å². The van der Waals surface area contributed by atoms with Crippen molar-refractivity contribution < 1.29 is 0 Å². The van der Waals surface area contributed by atoms with E-state index < -0.39 is 0 Å². The van der Waals surface area contributed by atoms with Crippen LogP contribution in [0.15, 0.2) is 170 Å². The lowest BCUT2D eigenvalue weighted by molar-refractivity contribution is 0.590. The van der Waals surface area contributed by atoms with Gasteiger partial charge in [0.25, 0.3) is 0 Å². The van der Waals surface area contributed by atoms with Gasteiger partial charge in [-0.1, -0.05) is 174 Å². The van der Waals surface area contributed by atoms with Gasteiger partial charge in [0.2, 0.25) is 13.4 Å². The second-order valence-electron chi connectivity index (χ2n) is 20.8. The van der Waals surface area contributed by atoms with Crippen LogP contribution in [0.25, 0.3) is 54.6 Å². The Morgan fingerprint density at radius 3 is 1.12 bits per heavy atom. The van der Waals surface area contributed by atoms with Crippen LogP contribution in [-0.4, -0.2) is 13.4 Å². The lowest BCUT2D eigenvalue weighted by Gasteiger charge is -2.43. The first-order valence-corrected chi connectivity index (χ1v) is 23.1. The lowest BCUT2D eigenvalue weighted by atomic mass is 9.31. The van der Waals surface area contributed by atoms with Crippen molar-refractivity contribution in [1.29, 1.82) is 0 Å². The molecule has 4 heterocycles. The van der Waals surface area contributed by atoms with Gasteiger partial charge in [0.05, 0.1) is 0 Å². The van der Waals surface area contributed by atoms with Gasteiger partial charge in [-0.2, -0.15) is 0 Å². The van der Waals surface area contributed by atoms with Gasteiger partial charge in [0.1, 0.15) is 0 Å². The Balaban J connectivity index is 1.12. The van der Waals surface area contributed by atoms with Gasteiger partial charge < -0.3 is 9.80 Å². The maximum absolute atomic E-state index is 2.59. The first-order chi connectivity index (χ1) is 31.0. The molecule has 0 saturated heterocycles. The molecule has 0 unspecified atom stereocenters. The number of benzene rings is 10. The van der Waals surface area contributed by atoms with Crippen LogP contribution >= 0.6 is 0 Å². The van der Waals surface area contributed by atoms with Crippen LogP contribution < -0.4 is 42.6 Å². The van der Waals surface area contributed by atoms with Crippen LogP contribution in [0.5, 0.6) is 0 Å². The standard InChI is InChI=1S/C60H46B2N2/c1-59(2,3)37-31-43-41-27-25-35-30-48-56-42(44-32-38(60(4,5)6)34-52-58(44)62(48)46-22-14-16-24-50(46)64(52)40-19-11-8-12-20-40)28-26-36-29-47(55(41)53(35)54(36)56)61-45-21-13-15-23-49(45)63(51(33-37)57(43)61)39-17-9-7-10-18-39/h7-34H,1-6H3. The van der Waals surface area contributed by atoms with Crippen LogP contribution in [0.4, 0.5) is 34.1 Å². The van der Waals surface area contributed by atoms with Gasteiger partial charge in [-0.15, -0.1) is 0 Å². The maximum Gasteiger partial charge on any atom is 0.248 e. The normalized spacial score (nSPS) is 14.3. The van der Waals surface area contributed by atoms with Crippen LogP contribution in [0.3, 0.4) is 0 Å². The molecule has 302 valence electrons. The van der Waals surface area contributed by atoms with Crippen molar-refractivity contribution in [3.8, 4) is 22.3 Å². The molecule has 0 aliphatic carbocycles. The van der Waals surface area contributed by atoms with E-state index >= 15 is 0 Å². The fourth-order valence-corrected chi connectivity index (χ4v) is 12.4. The molecule has 4 aliphatic rings. The van der Waals surface area contributed by atoms with Crippen molar-refractivity contribution in [2.24, 2.45) is 0 Å². The van der Waals surface area contributed by atoms with Crippen molar-refractivity contribution in [2.45, 2.75) is 52.4 Å². The molecule has 10 aromatic carbocycles. The third-order valence-electron chi connectivity index (χ3n) is 15.2. The molecule has 0 radical (unpaired) electrons. The lowest BCUT2D eigenvalue weighted by Crippen LogP contribution is -2.60. The Kier molecular flexibility index (Phi) is 7.04. The Labute approximate surface area is 376 Å². The van der Waals surface area contributed by atoms with Gasteiger partial charge >= 0.3 is 0 Å². The fourth-order valence-electron chi connectivity index (χ4n) is 12.4. The molecule has 0 bridgehead atoms. The zero-order chi connectivity index (χ0) is 43.0. The molecule has 0 spiro atoms. The third kappa shape index (κ3) is 4.68. The first kappa shape index (κ1) is 36.5. The van der Waals surface area contributed by atoms with E-state index in [0.29, 0.717) is 0 Å². The number of rotatable bonds is 2. The van der Waals surface area contributed by atoms with Gasteiger partial charge in [0.15, 0.2) is 0 Å². The number of nitrogens with zero attached hydrogens (tertiary/aromatic N) is 2. The quantitative estimate of drug-likeness (QED) is 0.127. The van der Waals surface area contributed by atoms with Crippen LogP contribution in [0, 0.1) is 0 Å². The minimum Gasteiger partial charge on any atom is -0.311 e. The number of para-hydroxylation sites is 4. The highest BCUT2D eigenvalue weighted by Gasteiger charge is 2.45. The van der Waals surface area contributed by atoms with Gasteiger partial charge in [-0.3, -0.25) is 0 Å². The Hall–Kier alpha value is -7.03. The summed E-state index contributed by atoms with van der Waals surface area (Å²) >= 11 is 0. The predicted molar refractivity (Wildman–Crippen MR) is 277 cm³/mol. The highest BCUT2D eigenvalue weighted by atomic mass is 15.2. The van der Waals surface area contributed by atoms with Crippen LogP contribution in [0.2, 0.25) is 0 Å². The van der Waals surface area contributed by atoms with E-state index in [1.807, 2.05) is 0 Å². The van der Waals surface area contributed by atoms with Crippen molar-refractivity contribution in [1.82, 2.24) is 0 Å². The molecule has 0 saturated carbocycles. The molecule has 0 fully saturated rings. The molecule has 0 amide bonds. The molecule has 0 aromatic heterocycles. The SMILES string of the molecule is CC(C)(C)c1cc2c3c(c1)N(c1ccccc1)c1ccccc1B3c1cc3ccc4c5c(cc6ccc-2c1c6c35)B1c2ccccc2N(c2ccccc2)c2cc(C(C)(C)C)cc-4c21. The second-order valence-corrected chi connectivity index (χ2v) is 20.8. The number of hydrogen-bond donors (Lipinski definition) is 0. The Morgan fingerprint density at radius 1 is 0.328 bits per heavy atom. The highest BCUT2D eigenvalue weighted by molar-refractivity contribution is 7.02. The number of hydrogen-bond acceptors (Lipinski definition) is 2. The molecular formula is C60H46B2N2. The second kappa shape index (κ2) is 12.4. The van der Waals surface area contributed by atoms with Gasteiger partial charge in [0, 0.05) is 34.1 Å². The summed E-state index contributed by atoms with van der Waals surface area (Å²) in [5, 5.41) is 8.31. The zero-order valence-corrected chi connectivity index (χ0v) is 37.2. The van der Waals surface area contributed by atoms with E-state index in [0.717, 1.165) is 0 Å². The fraction of sp³-hybridized carbons (Fsp3) is 0.133. The monoisotopic (exact) mass is 816 g/mol. The number of anilines is 6. The summed E-state index contributed by atoms with van der Waals surface area (Å²) in [6.07, 6.45) is 0. The summed E-state index contributed by atoms with van der Waals surface area (Å²) in [7, 11) is 0. The van der Waals surface area contributed by atoms with Crippen molar-refractivity contribution in [2.75, 3.05) is 9.80 Å².